The van der Waals surface area contributed by atoms with Gasteiger partial charge < -0.3 is 15.7 Å². The zero-order valence-corrected chi connectivity index (χ0v) is 10.5. The van der Waals surface area contributed by atoms with Gasteiger partial charge in [0.2, 0.25) is 0 Å². The van der Waals surface area contributed by atoms with Crippen molar-refractivity contribution >= 4 is 5.84 Å². The van der Waals surface area contributed by atoms with E-state index >= 15 is 0 Å². The van der Waals surface area contributed by atoms with Crippen molar-refractivity contribution in [3.63, 3.8) is 0 Å². The van der Waals surface area contributed by atoms with Gasteiger partial charge in [0, 0.05) is 0 Å². The molecule has 0 heterocycles. The van der Waals surface area contributed by atoms with E-state index in [1.54, 1.807) is 0 Å². The lowest BCUT2D eigenvalue weighted by atomic mass is 10.1. The number of oxime groups is 1. The fourth-order valence-electron chi connectivity index (χ4n) is 1.50. The maximum absolute atomic E-state index is 12.5. The highest BCUT2D eigenvalue weighted by atomic mass is 19.4. The molecule has 10 heteroatoms. The number of rotatable bonds is 3. The Morgan fingerprint density at radius 2 is 1.71 bits per heavy atom. The second kappa shape index (κ2) is 5.70. The highest BCUT2D eigenvalue weighted by Crippen LogP contribution is 2.38. The summed E-state index contributed by atoms with van der Waals surface area (Å²) in [4.78, 5) is 0. The van der Waals surface area contributed by atoms with Crippen LogP contribution in [-0.2, 0) is 0 Å². The number of para-hydroxylation sites is 1. The molecule has 1 aromatic carbocycles. The summed E-state index contributed by atoms with van der Waals surface area (Å²) in [6.07, 6.45) is -15.3. The summed E-state index contributed by atoms with van der Waals surface area (Å²) >= 11 is 0. The lowest BCUT2D eigenvalue weighted by molar-refractivity contribution is -0.300. The Bertz CT molecular complexity index is 524. The van der Waals surface area contributed by atoms with Gasteiger partial charge in [0.1, 0.15) is 5.75 Å². The van der Waals surface area contributed by atoms with E-state index in [0.29, 0.717) is 0 Å². The van der Waals surface area contributed by atoms with Gasteiger partial charge >= 0.3 is 12.4 Å². The second-order valence-electron chi connectivity index (χ2n) is 4.02. The van der Waals surface area contributed by atoms with Crippen LogP contribution < -0.4 is 10.5 Å². The number of aryl methyl sites for hydroxylation is 1. The van der Waals surface area contributed by atoms with E-state index in [-0.39, 0.29) is 11.1 Å². The van der Waals surface area contributed by atoms with Gasteiger partial charge in [0.25, 0.3) is 6.10 Å². The minimum absolute atomic E-state index is 0.0300. The molecule has 0 saturated heterocycles. The Morgan fingerprint density at radius 3 is 2.14 bits per heavy atom. The first-order valence-electron chi connectivity index (χ1n) is 5.36. The van der Waals surface area contributed by atoms with Crippen LogP contribution in [0.25, 0.3) is 0 Å². The van der Waals surface area contributed by atoms with Crippen LogP contribution in [0, 0.1) is 6.92 Å². The van der Waals surface area contributed by atoms with Gasteiger partial charge in [-0.25, -0.2) is 0 Å². The Balaban J connectivity index is 3.34. The minimum atomic E-state index is -5.66. The monoisotopic (exact) mass is 316 g/mol. The van der Waals surface area contributed by atoms with Crippen LogP contribution in [0.4, 0.5) is 26.3 Å². The number of hydrogen-bond donors (Lipinski definition) is 2. The second-order valence-corrected chi connectivity index (χ2v) is 4.02. The lowest BCUT2D eigenvalue weighted by Crippen LogP contribution is -2.47. The number of nitrogens with two attached hydrogens (primary N) is 1. The first-order valence-corrected chi connectivity index (χ1v) is 5.36. The van der Waals surface area contributed by atoms with Gasteiger partial charge in [-0.15, -0.1) is 0 Å². The minimum Gasteiger partial charge on any atom is -0.470 e. The third kappa shape index (κ3) is 3.92. The summed E-state index contributed by atoms with van der Waals surface area (Å²) in [7, 11) is 0. The van der Waals surface area contributed by atoms with Crippen LogP contribution in [0.1, 0.15) is 11.1 Å². The molecule has 1 aromatic rings. The molecule has 0 unspecified atom stereocenters. The molecule has 0 amide bonds. The van der Waals surface area contributed by atoms with Gasteiger partial charge in [0.05, 0.1) is 5.56 Å². The first kappa shape index (κ1) is 16.9. The molecule has 0 aliphatic carbocycles. The normalized spacial score (nSPS) is 13.6. The number of nitrogens with zero attached hydrogens (tertiary/aromatic N) is 1. The zero-order valence-electron chi connectivity index (χ0n) is 10.5. The third-order valence-corrected chi connectivity index (χ3v) is 2.43. The van der Waals surface area contributed by atoms with Crippen molar-refractivity contribution < 1.29 is 36.3 Å². The maximum Gasteiger partial charge on any atom is 0.434 e. The average molecular weight is 316 g/mol. The first-order chi connectivity index (χ1) is 9.48. The molecule has 3 N–H and O–H groups in total. The van der Waals surface area contributed by atoms with Gasteiger partial charge in [-0.1, -0.05) is 17.3 Å². The number of ether oxygens (including phenoxy) is 1. The fraction of sp³-hybridized carbons (Fsp3) is 0.364. The summed E-state index contributed by atoms with van der Waals surface area (Å²) in [5, 5.41) is 11.1. The summed E-state index contributed by atoms with van der Waals surface area (Å²) in [6, 6.07) is 3.61. The quantitative estimate of drug-likeness (QED) is 0.296. The molecule has 0 aliphatic rings. The fourth-order valence-corrected chi connectivity index (χ4v) is 1.50. The van der Waals surface area contributed by atoms with Gasteiger partial charge in [-0.3, -0.25) is 0 Å². The summed E-state index contributed by atoms with van der Waals surface area (Å²) < 4.78 is 79.1. The summed E-state index contributed by atoms with van der Waals surface area (Å²) in [6.45, 7) is 1.23. The molecular formula is C11H10F6N2O2. The van der Waals surface area contributed by atoms with Crippen LogP contribution in [0.5, 0.6) is 5.75 Å². The predicted octanol–water partition coefficient (Wildman–Crippen LogP) is 2.96. The summed E-state index contributed by atoms with van der Waals surface area (Å²) in [5.74, 6) is -1.43. The van der Waals surface area contributed by atoms with Crippen molar-refractivity contribution in [1.82, 2.24) is 0 Å². The highest BCUT2D eigenvalue weighted by Gasteiger charge is 2.59. The van der Waals surface area contributed by atoms with Crippen LogP contribution in [0.2, 0.25) is 0 Å². The predicted molar refractivity (Wildman–Crippen MR) is 60.2 cm³/mol. The number of benzene rings is 1. The SMILES string of the molecule is Cc1cccc(/C(N)=N/O)c1OC(C(F)(F)F)C(F)(F)F. The van der Waals surface area contributed by atoms with E-state index in [2.05, 4.69) is 9.89 Å². The molecule has 0 fully saturated rings. The van der Waals surface area contributed by atoms with Crippen molar-refractivity contribution in [2.45, 2.75) is 25.4 Å². The Labute approximate surface area is 114 Å². The Kier molecular flexibility index (Phi) is 4.59. The van der Waals surface area contributed by atoms with Crippen LogP contribution in [0.15, 0.2) is 23.4 Å². The van der Waals surface area contributed by atoms with E-state index < -0.39 is 30.0 Å². The van der Waals surface area contributed by atoms with E-state index in [4.69, 9.17) is 10.9 Å². The average Bonchev–Trinajstić information content (AvgIpc) is 2.33. The van der Waals surface area contributed by atoms with Crippen molar-refractivity contribution in [2.24, 2.45) is 10.9 Å². The van der Waals surface area contributed by atoms with E-state index in [1.165, 1.54) is 19.1 Å². The van der Waals surface area contributed by atoms with Gasteiger partial charge in [0.15, 0.2) is 5.84 Å². The Hall–Kier alpha value is -2.13. The summed E-state index contributed by atoms with van der Waals surface area (Å²) in [5.41, 5.74) is 4.81. The molecule has 0 bridgehead atoms. The molecule has 0 aliphatic heterocycles. The number of alkyl halides is 6. The Morgan fingerprint density at radius 1 is 1.19 bits per heavy atom. The van der Waals surface area contributed by atoms with Gasteiger partial charge in [-0.2, -0.15) is 26.3 Å². The number of hydrogen-bond acceptors (Lipinski definition) is 3. The van der Waals surface area contributed by atoms with E-state index in [1.807, 2.05) is 0 Å². The molecule has 21 heavy (non-hydrogen) atoms. The smallest absolute Gasteiger partial charge is 0.434 e. The van der Waals surface area contributed by atoms with Crippen LogP contribution >= 0.6 is 0 Å². The van der Waals surface area contributed by atoms with Crippen LogP contribution in [-0.4, -0.2) is 29.5 Å². The number of halogens is 6. The van der Waals surface area contributed by atoms with E-state index in [0.717, 1.165) is 6.07 Å². The largest absolute Gasteiger partial charge is 0.470 e. The molecule has 1 rings (SSSR count). The molecule has 0 atom stereocenters. The van der Waals surface area contributed by atoms with Crippen molar-refractivity contribution in [2.75, 3.05) is 0 Å². The van der Waals surface area contributed by atoms with Gasteiger partial charge in [-0.05, 0) is 18.6 Å². The molecule has 0 radical (unpaired) electrons. The zero-order chi connectivity index (χ0) is 16.4. The van der Waals surface area contributed by atoms with E-state index in [9.17, 15) is 26.3 Å². The lowest BCUT2D eigenvalue weighted by Gasteiger charge is -2.25. The molecule has 4 nitrogen and oxygen atoms in total. The third-order valence-electron chi connectivity index (χ3n) is 2.43. The standard InChI is InChI=1S/C11H10F6N2O2/c1-5-3-2-4-6(8(18)19-20)7(5)21-9(10(12,13)14)11(15,16)17/h2-4,9,20H,1H3,(H2,18,19). The number of amidine groups is 1. The van der Waals surface area contributed by atoms with Crippen molar-refractivity contribution in [3.8, 4) is 5.75 Å². The van der Waals surface area contributed by atoms with Crippen LogP contribution in [0.3, 0.4) is 0 Å². The maximum atomic E-state index is 12.5. The van der Waals surface area contributed by atoms with Crippen molar-refractivity contribution in [3.05, 3.63) is 29.3 Å². The van der Waals surface area contributed by atoms with Crippen molar-refractivity contribution in [1.29, 1.82) is 0 Å². The topological polar surface area (TPSA) is 67.8 Å². The molecule has 0 aromatic heterocycles. The molecular weight excluding hydrogens is 306 g/mol. The molecule has 118 valence electrons. The molecule has 0 saturated carbocycles. The highest BCUT2D eigenvalue weighted by molar-refractivity contribution is 5.99. The molecule has 0 spiro atoms.